The number of para-hydroxylation sites is 1. The van der Waals surface area contributed by atoms with E-state index in [0.717, 1.165) is 10.9 Å². The summed E-state index contributed by atoms with van der Waals surface area (Å²) < 4.78 is 0. The molecule has 0 radical (unpaired) electrons. The van der Waals surface area contributed by atoms with Gasteiger partial charge in [-0.2, -0.15) is 0 Å². The minimum absolute atomic E-state index is 0.0488. The number of nitrogens with one attached hydrogen (secondary N) is 1. The van der Waals surface area contributed by atoms with Crippen molar-refractivity contribution in [3.63, 3.8) is 0 Å². The topological polar surface area (TPSA) is 36.1 Å². The third-order valence-corrected chi connectivity index (χ3v) is 5.10. The number of rotatable bonds is 2. The summed E-state index contributed by atoms with van der Waals surface area (Å²) in [7, 11) is 0. The van der Waals surface area contributed by atoms with E-state index in [4.69, 9.17) is 0 Å². The molecule has 26 heavy (non-hydrogen) atoms. The second-order valence-electron chi connectivity index (χ2n) is 6.71. The first-order valence-corrected chi connectivity index (χ1v) is 8.84. The number of aromatic amines is 1. The summed E-state index contributed by atoms with van der Waals surface area (Å²) in [6, 6.07) is 24.7. The van der Waals surface area contributed by atoms with Crippen LogP contribution in [-0.2, 0) is 0 Å². The van der Waals surface area contributed by atoms with Gasteiger partial charge in [0.1, 0.15) is 5.69 Å². The van der Waals surface area contributed by atoms with E-state index >= 15 is 0 Å². The summed E-state index contributed by atoms with van der Waals surface area (Å²) in [5.41, 5.74) is 4.08. The molecule has 3 heteroatoms. The molecule has 3 nitrogen and oxygen atoms in total. The van der Waals surface area contributed by atoms with Crippen molar-refractivity contribution in [1.29, 1.82) is 0 Å². The second kappa shape index (κ2) is 5.88. The Morgan fingerprint density at radius 1 is 0.885 bits per heavy atom. The lowest BCUT2D eigenvalue weighted by molar-refractivity contribution is 0.0797. The van der Waals surface area contributed by atoms with E-state index < -0.39 is 0 Å². The number of H-pyrrole nitrogens is 1. The van der Waals surface area contributed by atoms with Crippen LogP contribution in [0.1, 0.15) is 16.1 Å². The molecule has 4 aromatic rings. The van der Waals surface area contributed by atoms with Crippen LogP contribution in [0.15, 0.2) is 78.9 Å². The van der Waals surface area contributed by atoms with Crippen LogP contribution >= 0.6 is 0 Å². The van der Waals surface area contributed by atoms with Crippen LogP contribution in [-0.4, -0.2) is 28.9 Å². The molecular weight excluding hydrogens is 320 g/mol. The third-order valence-electron chi connectivity index (χ3n) is 5.10. The van der Waals surface area contributed by atoms with Crippen LogP contribution in [0.2, 0.25) is 0 Å². The molecule has 0 spiro atoms. The van der Waals surface area contributed by atoms with E-state index in [9.17, 15) is 4.79 Å². The maximum absolute atomic E-state index is 12.9. The molecule has 3 aromatic carbocycles. The first-order valence-electron chi connectivity index (χ1n) is 8.84. The first kappa shape index (κ1) is 15.0. The molecule has 1 N–H and O–H groups in total. The molecule has 0 saturated carbocycles. The molecule has 1 aromatic heterocycles. The van der Waals surface area contributed by atoms with Gasteiger partial charge in [0.25, 0.3) is 5.91 Å². The molecule has 0 unspecified atom stereocenters. The molecule has 1 aliphatic rings. The summed E-state index contributed by atoms with van der Waals surface area (Å²) in [5.74, 6) is 0.0488. The van der Waals surface area contributed by atoms with E-state index in [2.05, 4.69) is 53.5 Å². The Labute approximate surface area is 151 Å². The van der Waals surface area contributed by atoms with E-state index in [0.29, 0.717) is 18.8 Å². The lowest BCUT2D eigenvalue weighted by Gasteiger charge is -2.16. The first-order chi connectivity index (χ1) is 12.8. The molecule has 2 heterocycles. The normalized spacial score (nSPS) is 14.2. The highest BCUT2D eigenvalue weighted by Crippen LogP contribution is 2.29. The van der Waals surface area contributed by atoms with Gasteiger partial charge in [0.15, 0.2) is 0 Å². The lowest BCUT2D eigenvalue weighted by atomic mass is 9.99. The van der Waals surface area contributed by atoms with Gasteiger partial charge >= 0.3 is 0 Å². The molecule has 1 aliphatic heterocycles. The van der Waals surface area contributed by atoms with Crippen LogP contribution in [0, 0.1) is 0 Å². The number of nitrogens with zero attached hydrogens (tertiary/aromatic N) is 1. The highest BCUT2D eigenvalue weighted by molar-refractivity contribution is 6.01. The van der Waals surface area contributed by atoms with Crippen LogP contribution in [0.4, 0.5) is 0 Å². The predicted molar refractivity (Wildman–Crippen MR) is 106 cm³/mol. The Hall–Kier alpha value is -3.33. The molecule has 0 saturated heterocycles. The van der Waals surface area contributed by atoms with Crippen molar-refractivity contribution in [1.82, 2.24) is 9.88 Å². The third kappa shape index (κ3) is 2.40. The summed E-state index contributed by atoms with van der Waals surface area (Å²) in [6.45, 7) is 1.29. The van der Waals surface area contributed by atoms with E-state index in [1.54, 1.807) is 0 Å². The Bertz CT molecular complexity index is 1130. The largest absolute Gasteiger partial charge is 0.351 e. The fourth-order valence-corrected chi connectivity index (χ4v) is 3.77. The fraction of sp³-hybridized carbons (Fsp3) is 0.0870. The van der Waals surface area contributed by atoms with E-state index in [1.807, 2.05) is 35.2 Å². The number of fused-ring (bicyclic) bond motifs is 2. The minimum Gasteiger partial charge on any atom is -0.351 e. The SMILES string of the molecule is O=C(c1cc2ccccc2[nH]1)N1CC=C(c2cccc3ccccc23)C1. The molecule has 0 bridgehead atoms. The van der Waals surface area contributed by atoms with Gasteiger partial charge in [-0.3, -0.25) is 4.79 Å². The highest BCUT2D eigenvalue weighted by atomic mass is 16.2. The quantitative estimate of drug-likeness (QED) is 0.557. The summed E-state index contributed by atoms with van der Waals surface area (Å²) in [5, 5.41) is 3.53. The number of hydrogen-bond acceptors (Lipinski definition) is 1. The Morgan fingerprint density at radius 3 is 2.54 bits per heavy atom. The average molecular weight is 338 g/mol. The summed E-state index contributed by atoms with van der Waals surface area (Å²) in [4.78, 5) is 18.1. The number of benzene rings is 3. The predicted octanol–water partition coefficient (Wildman–Crippen LogP) is 4.86. The molecule has 5 rings (SSSR count). The fourth-order valence-electron chi connectivity index (χ4n) is 3.77. The maximum Gasteiger partial charge on any atom is 0.270 e. The van der Waals surface area contributed by atoms with Crippen LogP contribution in [0.5, 0.6) is 0 Å². The second-order valence-corrected chi connectivity index (χ2v) is 6.71. The van der Waals surface area contributed by atoms with Crippen LogP contribution in [0.3, 0.4) is 0 Å². The number of hydrogen-bond donors (Lipinski definition) is 1. The minimum atomic E-state index is 0.0488. The van der Waals surface area contributed by atoms with Crippen molar-refractivity contribution < 1.29 is 4.79 Å². The van der Waals surface area contributed by atoms with Crippen LogP contribution < -0.4 is 0 Å². The molecule has 0 atom stereocenters. The molecule has 126 valence electrons. The summed E-state index contributed by atoms with van der Waals surface area (Å²) in [6.07, 6.45) is 2.17. The Kier molecular flexibility index (Phi) is 3.39. The molecule has 1 amide bonds. The van der Waals surface area contributed by atoms with Gasteiger partial charge in [-0.15, -0.1) is 0 Å². The molecule has 0 aliphatic carbocycles. The van der Waals surface area contributed by atoms with Crippen LogP contribution in [0.25, 0.3) is 27.2 Å². The Morgan fingerprint density at radius 2 is 1.65 bits per heavy atom. The van der Waals surface area contributed by atoms with Crippen molar-refractivity contribution in [3.05, 3.63) is 90.1 Å². The Balaban J connectivity index is 1.43. The lowest BCUT2D eigenvalue weighted by Crippen LogP contribution is -2.29. The van der Waals surface area contributed by atoms with Crippen molar-refractivity contribution in [2.45, 2.75) is 0 Å². The standard InChI is InChI=1S/C23H18N2O/c26-23(22-14-17-7-2-4-11-21(17)24-22)25-13-12-18(15-25)20-10-5-8-16-6-1-3-9-19(16)20/h1-12,14,24H,13,15H2. The van der Waals surface area contributed by atoms with Gasteiger partial charge in [0.2, 0.25) is 0 Å². The maximum atomic E-state index is 12.9. The number of carbonyl (C=O) groups is 1. The zero-order chi connectivity index (χ0) is 17.5. The monoisotopic (exact) mass is 338 g/mol. The zero-order valence-electron chi connectivity index (χ0n) is 14.3. The van der Waals surface area contributed by atoms with Gasteiger partial charge in [0, 0.05) is 24.0 Å². The van der Waals surface area contributed by atoms with Crippen molar-refractivity contribution in [2.24, 2.45) is 0 Å². The van der Waals surface area contributed by atoms with Gasteiger partial charge in [0.05, 0.1) is 0 Å². The number of aromatic nitrogens is 1. The molecular formula is C23H18N2O. The van der Waals surface area contributed by atoms with Gasteiger partial charge in [-0.1, -0.05) is 66.7 Å². The molecule has 0 fully saturated rings. The smallest absolute Gasteiger partial charge is 0.270 e. The zero-order valence-corrected chi connectivity index (χ0v) is 14.3. The van der Waals surface area contributed by atoms with Crippen molar-refractivity contribution in [2.75, 3.05) is 13.1 Å². The average Bonchev–Trinajstić information content (AvgIpc) is 3.34. The van der Waals surface area contributed by atoms with Crippen molar-refractivity contribution in [3.8, 4) is 0 Å². The van der Waals surface area contributed by atoms with E-state index in [1.165, 1.54) is 21.9 Å². The number of amides is 1. The van der Waals surface area contributed by atoms with Gasteiger partial charge in [-0.25, -0.2) is 0 Å². The highest BCUT2D eigenvalue weighted by Gasteiger charge is 2.23. The number of carbonyl (C=O) groups excluding carboxylic acids is 1. The van der Waals surface area contributed by atoms with E-state index in [-0.39, 0.29) is 5.91 Å². The van der Waals surface area contributed by atoms with Gasteiger partial charge < -0.3 is 9.88 Å². The summed E-state index contributed by atoms with van der Waals surface area (Å²) >= 11 is 0. The van der Waals surface area contributed by atoms with Gasteiger partial charge in [-0.05, 0) is 34.0 Å². The van der Waals surface area contributed by atoms with Crippen molar-refractivity contribution >= 4 is 33.2 Å².